The molecule has 29 heavy (non-hydrogen) atoms. The molecule has 0 spiro atoms. The lowest BCUT2D eigenvalue weighted by atomic mass is 9.85. The maximum atomic E-state index is 12.1. The second kappa shape index (κ2) is 12.9. The summed E-state index contributed by atoms with van der Waals surface area (Å²) < 4.78 is 0. The fourth-order valence-corrected chi connectivity index (χ4v) is 3.43. The Hall–Kier alpha value is -2.45. The number of nitrogens with two attached hydrogens (primary N) is 1. The molecular formula is C21H31NO7. The summed E-state index contributed by atoms with van der Waals surface area (Å²) in [6.07, 6.45) is 7.04. The number of phenols is 1. The number of aliphatic hydroxyl groups excluding tert-OH is 1. The Balaban J connectivity index is 0.000000612. The Morgan fingerprint density at radius 2 is 1.69 bits per heavy atom. The molecule has 1 aliphatic carbocycles. The van der Waals surface area contributed by atoms with Crippen molar-refractivity contribution in [2.24, 2.45) is 5.92 Å². The number of Topliss-reactive ketones (excluding diaryl/α,β-unsaturated/α-hetero) is 1. The van der Waals surface area contributed by atoms with Crippen LogP contribution in [0, 0.1) is 5.92 Å². The van der Waals surface area contributed by atoms with Crippen molar-refractivity contribution in [2.75, 3.05) is 6.54 Å². The lowest BCUT2D eigenvalue weighted by Crippen LogP contribution is -2.90. The highest BCUT2D eigenvalue weighted by Crippen LogP contribution is 2.26. The fraction of sp³-hybridized carbons (Fsp3) is 0.571. The maximum absolute atomic E-state index is 12.1. The third-order valence-electron chi connectivity index (χ3n) is 5.11. The molecule has 2 atom stereocenters. The number of carboxylic acids is 2. The van der Waals surface area contributed by atoms with Crippen molar-refractivity contribution in [3.8, 4) is 5.75 Å². The number of carbonyl (C=O) groups is 3. The van der Waals surface area contributed by atoms with E-state index in [4.69, 9.17) is 19.8 Å². The van der Waals surface area contributed by atoms with Crippen molar-refractivity contribution in [2.45, 2.75) is 64.0 Å². The second-order valence-electron chi connectivity index (χ2n) is 7.51. The highest BCUT2D eigenvalue weighted by Gasteiger charge is 2.21. The summed E-state index contributed by atoms with van der Waals surface area (Å²) in [5, 5.41) is 38.0. The van der Waals surface area contributed by atoms with Crippen LogP contribution >= 0.6 is 0 Å². The molecule has 2 rings (SSSR count). The summed E-state index contributed by atoms with van der Waals surface area (Å²) >= 11 is 0. The van der Waals surface area contributed by atoms with E-state index in [1.165, 1.54) is 32.1 Å². The number of aliphatic carboxylic acids is 2. The van der Waals surface area contributed by atoms with E-state index in [9.17, 15) is 15.0 Å². The number of ketones is 1. The van der Waals surface area contributed by atoms with Crippen molar-refractivity contribution < 1.29 is 40.1 Å². The molecule has 1 aromatic rings. The number of aliphatic hydroxyl groups is 1. The lowest BCUT2D eigenvalue weighted by Gasteiger charge is -2.21. The number of quaternary nitrogens is 1. The minimum Gasteiger partial charge on any atom is -0.539 e. The van der Waals surface area contributed by atoms with Gasteiger partial charge in [0.15, 0.2) is 5.97 Å². The number of hydrogen-bond acceptors (Lipinski definition) is 6. The van der Waals surface area contributed by atoms with Gasteiger partial charge in [0.2, 0.25) is 0 Å². The van der Waals surface area contributed by atoms with E-state index in [-0.39, 0.29) is 11.8 Å². The SMILES string of the molecule is CC([NH2+]CCC(=O)CC1CCCCC1)C(O)c1ccc(O)cc1.O=C([O-])C(=O)O. The van der Waals surface area contributed by atoms with Gasteiger partial charge < -0.3 is 30.5 Å². The average Bonchev–Trinajstić information content (AvgIpc) is 2.69. The van der Waals surface area contributed by atoms with Crippen LogP contribution in [0.25, 0.3) is 0 Å². The first-order valence-electron chi connectivity index (χ1n) is 9.97. The third-order valence-corrected chi connectivity index (χ3v) is 5.11. The monoisotopic (exact) mass is 409 g/mol. The maximum Gasteiger partial charge on any atom is 0.351 e. The molecular weight excluding hydrogens is 378 g/mol. The summed E-state index contributed by atoms with van der Waals surface area (Å²) in [4.78, 5) is 30.1. The summed E-state index contributed by atoms with van der Waals surface area (Å²) in [5.74, 6) is -2.84. The molecule has 8 nitrogen and oxygen atoms in total. The molecule has 1 fully saturated rings. The van der Waals surface area contributed by atoms with Crippen molar-refractivity contribution in [3.05, 3.63) is 29.8 Å². The van der Waals surface area contributed by atoms with Crippen molar-refractivity contribution in [3.63, 3.8) is 0 Å². The summed E-state index contributed by atoms with van der Waals surface area (Å²) in [7, 11) is 0. The number of aromatic hydroxyl groups is 1. The molecule has 1 aliphatic rings. The van der Waals surface area contributed by atoms with Crippen molar-refractivity contribution in [1.29, 1.82) is 0 Å². The third kappa shape index (κ3) is 10.0. The van der Waals surface area contributed by atoms with Crippen LogP contribution in [0.5, 0.6) is 5.75 Å². The Morgan fingerprint density at radius 3 is 2.21 bits per heavy atom. The van der Waals surface area contributed by atoms with Gasteiger partial charge in [-0.2, -0.15) is 0 Å². The molecule has 0 radical (unpaired) electrons. The predicted octanol–water partition coefficient (Wildman–Crippen LogP) is 0.128. The summed E-state index contributed by atoms with van der Waals surface area (Å²) in [6, 6.07) is 6.62. The smallest absolute Gasteiger partial charge is 0.351 e. The van der Waals surface area contributed by atoms with Crippen molar-refractivity contribution in [1.82, 2.24) is 0 Å². The predicted molar refractivity (Wildman–Crippen MR) is 103 cm³/mol. The van der Waals surface area contributed by atoms with Gasteiger partial charge in [-0.15, -0.1) is 0 Å². The Kier molecular flexibility index (Phi) is 10.9. The van der Waals surface area contributed by atoms with Gasteiger partial charge in [0, 0.05) is 6.42 Å². The second-order valence-corrected chi connectivity index (χ2v) is 7.51. The van der Waals surface area contributed by atoms with Gasteiger partial charge in [-0.1, -0.05) is 44.2 Å². The van der Waals surface area contributed by atoms with Gasteiger partial charge >= 0.3 is 5.97 Å². The minimum absolute atomic E-state index is 0.0120. The lowest BCUT2D eigenvalue weighted by molar-refractivity contribution is -0.693. The van der Waals surface area contributed by atoms with Crippen LogP contribution in [0.2, 0.25) is 0 Å². The molecule has 0 bridgehead atoms. The van der Waals surface area contributed by atoms with Gasteiger partial charge in [0.25, 0.3) is 0 Å². The molecule has 0 amide bonds. The first-order chi connectivity index (χ1) is 13.7. The quantitative estimate of drug-likeness (QED) is 0.445. The standard InChI is InChI=1S/C19H29NO3.C2H2O4/c1-14(19(23)16-7-9-17(21)10-8-16)20-12-11-18(22)13-15-5-3-2-4-6-15;3-1(4)2(5)6/h7-10,14-15,19-21,23H,2-6,11-13H2,1H3;(H,3,4)(H,5,6). The highest BCUT2D eigenvalue weighted by molar-refractivity contribution is 6.26. The number of benzene rings is 1. The molecule has 1 saturated carbocycles. The fourth-order valence-electron chi connectivity index (χ4n) is 3.43. The Morgan fingerprint density at radius 1 is 1.14 bits per heavy atom. The first-order valence-corrected chi connectivity index (χ1v) is 9.97. The van der Waals surface area contributed by atoms with E-state index in [2.05, 4.69) is 0 Å². The Labute approximate surface area is 170 Å². The first kappa shape index (κ1) is 24.6. The number of carboxylic acid groups (broad SMARTS) is 2. The molecule has 0 aromatic heterocycles. The Bertz CT molecular complexity index is 641. The van der Waals surface area contributed by atoms with Crippen molar-refractivity contribution >= 4 is 17.7 Å². The number of rotatable bonds is 8. The number of phenolic OH excluding ortho intramolecular Hbond substituents is 1. The molecule has 2 unspecified atom stereocenters. The van der Waals surface area contributed by atoms with Crippen LogP contribution in [0.1, 0.15) is 63.5 Å². The van der Waals surface area contributed by atoms with E-state index >= 15 is 0 Å². The van der Waals surface area contributed by atoms with Gasteiger partial charge in [-0.05, 0) is 30.5 Å². The molecule has 0 aliphatic heterocycles. The van der Waals surface area contributed by atoms with Gasteiger partial charge in [-0.3, -0.25) is 4.79 Å². The van der Waals surface area contributed by atoms with Crippen LogP contribution in [-0.2, 0) is 14.4 Å². The number of carbonyl (C=O) groups excluding carboxylic acids is 2. The van der Waals surface area contributed by atoms with E-state index in [0.717, 1.165) is 18.5 Å². The zero-order valence-corrected chi connectivity index (χ0v) is 16.8. The van der Waals surface area contributed by atoms with E-state index < -0.39 is 18.0 Å². The largest absolute Gasteiger partial charge is 0.539 e. The van der Waals surface area contributed by atoms with Crippen LogP contribution < -0.4 is 10.4 Å². The van der Waals surface area contributed by atoms with E-state index in [0.29, 0.717) is 18.1 Å². The highest BCUT2D eigenvalue weighted by atomic mass is 16.4. The van der Waals surface area contributed by atoms with E-state index in [1.807, 2.05) is 12.2 Å². The summed E-state index contributed by atoms with van der Waals surface area (Å²) in [6.45, 7) is 2.69. The number of hydrogen-bond donors (Lipinski definition) is 4. The van der Waals surface area contributed by atoms with Crippen LogP contribution in [0.15, 0.2) is 24.3 Å². The minimum atomic E-state index is -2.07. The zero-order chi connectivity index (χ0) is 21.8. The molecule has 0 heterocycles. The molecule has 8 heteroatoms. The molecule has 1 aromatic carbocycles. The molecule has 162 valence electrons. The molecule has 5 N–H and O–H groups in total. The zero-order valence-electron chi connectivity index (χ0n) is 16.8. The summed E-state index contributed by atoms with van der Waals surface area (Å²) in [5.41, 5.74) is 0.792. The van der Waals surface area contributed by atoms with Gasteiger partial charge in [-0.25, -0.2) is 4.79 Å². The molecule has 0 saturated heterocycles. The van der Waals surface area contributed by atoms with Gasteiger partial charge in [0.1, 0.15) is 23.7 Å². The van der Waals surface area contributed by atoms with Crippen LogP contribution in [-0.4, -0.2) is 45.6 Å². The average molecular weight is 409 g/mol. The normalized spacial score (nSPS) is 16.2. The van der Waals surface area contributed by atoms with Gasteiger partial charge in [0.05, 0.1) is 13.0 Å². The topological polar surface area (TPSA) is 152 Å². The van der Waals surface area contributed by atoms with Crippen LogP contribution in [0.4, 0.5) is 0 Å². The van der Waals surface area contributed by atoms with E-state index in [1.54, 1.807) is 24.3 Å². The van der Waals surface area contributed by atoms with Crippen LogP contribution in [0.3, 0.4) is 0 Å².